The molecule has 4 nitrogen and oxygen atoms in total. The molecule has 0 aromatic carbocycles. The van der Waals surface area contributed by atoms with E-state index in [2.05, 4.69) is 31.1 Å². The molecule has 1 unspecified atom stereocenters. The molecule has 4 heteroatoms. The SMILES string of the molecule is CCC(CC)N(C)CCCCC(C)(NC)C(N)=O. The number of primary amides is 1. The van der Waals surface area contributed by atoms with E-state index in [1.807, 2.05) is 6.92 Å². The summed E-state index contributed by atoms with van der Waals surface area (Å²) in [5.74, 6) is -0.265. The zero-order chi connectivity index (χ0) is 14.2. The van der Waals surface area contributed by atoms with Crippen molar-refractivity contribution in [3.8, 4) is 0 Å². The minimum Gasteiger partial charge on any atom is -0.368 e. The van der Waals surface area contributed by atoms with Crippen LogP contribution in [0.4, 0.5) is 0 Å². The van der Waals surface area contributed by atoms with E-state index < -0.39 is 5.54 Å². The molecule has 0 rings (SSSR count). The van der Waals surface area contributed by atoms with Crippen LogP contribution < -0.4 is 11.1 Å². The number of amides is 1. The number of carbonyl (C=O) groups is 1. The molecule has 0 bridgehead atoms. The van der Waals surface area contributed by atoms with Crippen LogP contribution in [0, 0.1) is 0 Å². The lowest BCUT2D eigenvalue weighted by Crippen LogP contribution is -2.51. The number of hydrogen-bond donors (Lipinski definition) is 2. The Morgan fingerprint density at radius 2 is 1.89 bits per heavy atom. The Balaban J connectivity index is 3.95. The molecule has 18 heavy (non-hydrogen) atoms. The zero-order valence-electron chi connectivity index (χ0n) is 12.8. The minimum atomic E-state index is -0.562. The van der Waals surface area contributed by atoms with Crippen LogP contribution in [0.3, 0.4) is 0 Å². The average Bonchev–Trinajstić information content (AvgIpc) is 2.35. The van der Waals surface area contributed by atoms with E-state index in [4.69, 9.17) is 5.73 Å². The van der Waals surface area contributed by atoms with Gasteiger partial charge in [0.25, 0.3) is 0 Å². The van der Waals surface area contributed by atoms with Crippen LogP contribution in [0.15, 0.2) is 0 Å². The summed E-state index contributed by atoms with van der Waals surface area (Å²) < 4.78 is 0. The van der Waals surface area contributed by atoms with Gasteiger partial charge in [0.2, 0.25) is 5.91 Å². The number of nitrogens with two attached hydrogens (primary N) is 1. The molecule has 0 spiro atoms. The first kappa shape index (κ1) is 17.4. The molecule has 0 saturated carbocycles. The first-order valence-corrected chi connectivity index (χ1v) is 7.10. The van der Waals surface area contributed by atoms with E-state index >= 15 is 0 Å². The minimum absolute atomic E-state index is 0.265. The maximum atomic E-state index is 11.3. The molecule has 0 aromatic heterocycles. The summed E-state index contributed by atoms with van der Waals surface area (Å²) in [7, 11) is 3.98. The van der Waals surface area contributed by atoms with Gasteiger partial charge in [0.1, 0.15) is 0 Å². The molecule has 0 aliphatic heterocycles. The molecule has 0 aliphatic carbocycles. The fraction of sp³-hybridized carbons (Fsp3) is 0.929. The fourth-order valence-corrected chi connectivity index (χ4v) is 2.31. The number of rotatable bonds is 10. The highest BCUT2D eigenvalue weighted by atomic mass is 16.1. The molecule has 3 N–H and O–H groups in total. The van der Waals surface area contributed by atoms with E-state index in [-0.39, 0.29) is 5.91 Å². The predicted molar refractivity (Wildman–Crippen MR) is 77.5 cm³/mol. The van der Waals surface area contributed by atoms with E-state index in [0.717, 1.165) is 25.8 Å². The van der Waals surface area contributed by atoms with Gasteiger partial charge in [-0.05, 0) is 59.7 Å². The highest BCUT2D eigenvalue weighted by molar-refractivity contribution is 5.84. The molecule has 0 radical (unpaired) electrons. The van der Waals surface area contributed by atoms with Crippen molar-refractivity contribution < 1.29 is 4.79 Å². The Morgan fingerprint density at radius 3 is 2.28 bits per heavy atom. The molecule has 0 heterocycles. The summed E-state index contributed by atoms with van der Waals surface area (Å²) in [6.07, 6.45) is 5.32. The van der Waals surface area contributed by atoms with Crippen molar-refractivity contribution in [2.75, 3.05) is 20.6 Å². The molecule has 0 saturated heterocycles. The van der Waals surface area contributed by atoms with Crippen molar-refractivity contribution in [1.82, 2.24) is 10.2 Å². The van der Waals surface area contributed by atoms with E-state index in [1.54, 1.807) is 7.05 Å². The van der Waals surface area contributed by atoms with Gasteiger partial charge in [-0.3, -0.25) is 4.79 Å². The largest absolute Gasteiger partial charge is 0.368 e. The van der Waals surface area contributed by atoms with Crippen molar-refractivity contribution in [3.05, 3.63) is 0 Å². The third-order valence-corrected chi connectivity index (χ3v) is 4.10. The van der Waals surface area contributed by atoms with Gasteiger partial charge in [0.15, 0.2) is 0 Å². The first-order chi connectivity index (χ1) is 8.41. The normalized spacial score (nSPS) is 15.1. The summed E-state index contributed by atoms with van der Waals surface area (Å²) in [6, 6.07) is 0.678. The van der Waals surface area contributed by atoms with Crippen molar-refractivity contribution in [2.45, 2.75) is 64.5 Å². The highest BCUT2D eigenvalue weighted by Crippen LogP contribution is 2.14. The molecule has 108 valence electrons. The van der Waals surface area contributed by atoms with Gasteiger partial charge in [-0.25, -0.2) is 0 Å². The lowest BCUT2D eigenvalue weighted by atomic mass is 9.94. The third kappa shape index (κ3) is 5.36. The molecule has 0 aromatic rings. The average molecular weight is 257 g/mol. The van der Waals surface area contributed by atoms with E-state index in [1.165, 1.54) is 12.8 Å². The Hall–Kier alpha value is -0.610. The number of carbonyl (C=O) groups excluding carboxylic acids is 1. The smallest absolute Gasteiger partial charge is 0.237 e. The summed E-state index contributed by atoms with van der Waals surface area (Å²) in [6.45, 7) is 7.43. The molecule has 0 fully saturated rings. The van der Waals surface area contributed by atoms with Gasteiger partial charge in [0, 0.05) is 6.04 Å². The number of nitrogens with one attached hydrogen (secondary N) is 1. The summed E-state index contributed by atoms with van der Waals surface area (Å²) in [5, 5.41) is 3.02. The molecule has 0 aliphatic rings. The van der Waals surface area contributed by atoms with Gasteiger partial charge >= 0.3 is 0 Å². The van der Waals surface area contributed by atoms with Crippen LogP contribution >= 0.6 is 0 Å². The second-order valence-electron chi connectivity index (χ2n) is 5.35. The van der Waals surface area contributed by atoms with Crippen LogP contribution in [0.2, 0.25) is 0 Å². The summed E-state index contributed by atoms with van der Waals surface area (Å²) in [4.78, 5) is 13.7. The van der Waals surface area contributed by atoms with Crippen LogP contribution in [0.5, 0.6) is 0 Å². The summed E-state index contributed by atoms with van der Waals surface area (Å²) >= 11 is 0. The van der Waals surface area contributed by atoms with Gasteiger partial charge in [0.05, 0.1) is 5.54 Å². The molecule has 1 amide bonds. The lowest BCUT2D eigenvalue weighted by molar-refractivity contribution is -0.123. The van der Waals surface area contributed by atoms with Crippen molar-refractivity contribution in [3.63, 3.8) is 0 Å². The number of nitrogens with zero attached hydrogens (tertiary/aromatic N) is 1. The Bertz CT molecular complexity index is 241. The van der Waals surface area contributed by atoms with Crippen molar-refractivity contribution >= 4 is 5.91 Å². The second-order valence-corrected chi connectivity index (χ2v) is 5.35. The van der Waals surface area contributed by atoms with E-state index in [0.29, 0.717) is 6.04 Å². The molecule has 1 atom stereocenters. The number of likely N-dealkylation sites (N-methyl/N-ethyl adjacent to an activating group) is 1. The Labute approximate surface area is 112 Å². The van der Waals surface area contributed by atoms with Crippen molar-refractivity contribution in [1.29, 1.82) is 0 Å². The quantitative estimate of drug-likeness (QED) is 0.586. The monoisotopic (exact) mass is 257 g/mol. The van der Waals surface area contributed by atoms with Gasteiger partial charge in [-0.15, -0.1) is 0 Å². The highest BCUT2D eigenvalue weighted by Gasteiger charge is 2.27. The Morgan fingerprint density at radius 1 is 1.33 bits per heavy atom. The molecular formula is C14H31N3O. The van der Waals surface area contributed by atoms with Crippen LogP contribution in [0.25, 0.3) is 0 Å². The first-order valence-electron chi connectivity index (χ1n) is 7.10. The number of hydrogen-bond acceptors (Lipinski definition) is 3. The van der Waals surface area contributed by atoms with Gasteiger partial charge < -0.3 is 16.0 Å². The number of unbranched alkanes of at least 4 members (excludes halogenated alkanes) is 1. The van der Waals surface area contributed by atoms with Gasteiger partial charge in [-0.2, -0.15) is 0 Å². The lowest BCUT2D eigenvalue weighted by Gasteiger charge is -2.28. The topological polar surface area (TPSA) is 58.4 Å². The zero-order valence-corrected chi connectivity index (χ0v) is 12.8. The van der Waals surface area contributed by atoms with Crippen molar-refractivity contribution in [2.24, 2.45) is 5.73 Å². The van der Waals surface area contributed by atoms with E-state index in [9.17, 15) is 4.79 Å². The maximum Gasteiger partial charge on any atom is 0.237 e. The molecular weight excluding hydrogens is 226 g/mol. The Kier molecular flexibility index (Phi) is 8.20. The van der Waals surface area contributed by atoms with Gasteiger partial charge in [-0.1, -0.05) is 13.8 Å². The van der Waals surface area contributed by atoms with Crippen LogP contribution in [-0.4, -0.2) is 43.0 Å². The second kappa shape index (κ2) is 8.48. The standard InChI is InChI=1S/C14H31N3O/c1-6-12(7-2)17(5)11-9-8-10-14(3,16-4)13(15)18/h12,16H,6-11H2,1-5H3,(H2,15,18). The summed E-state index contributed by atoms with van der Waals surface area (Å²) in [5.41, 5.74) is 4.84. The van der Waals surface area contributed by atoms with Crippen LogP contribution in [0.1, 0.15) is 52.9 Å². The fourth-order valence-electron chi connectivity index (χ4n) is 2.31. The van der Waals surface area contributed by atoms with Crippen LogP contribution in [-0.2, 0) is 4.79 Å². The predicted octanol–water partition coefficient (Wildman–Crippen LogP) is 1.74. The maximum absolute atomic E-state index is 11.3. The third-order valence-electron chi connectivity index (χ3n) is 4.10.